The molecule has 6 nitrogen and oxygen atoms in total. The van der Waals surface area contributed by atoms with Crippen molar-refractivity contribution in [2.24, 2.45) is 0 Å². The predicted molar refractivity (Wildman–Crippen MR) is 90.1 cm³/mol. The maximum atomic E-state index is 9.44. The Labute approximate surface area is 144 Å². The monoisotopic (exact) mass is 356 g/mol. The molecule has 0 radical (unpaired) electrons. The Balaban J connectivity index is 1.68. The second-order valence-electron chi connectivity index (χ2n) is 5.70. The second-order valence-corrected chi connectivity index (χ2v) is 6.57. The van der Waals surface area contributed by atoms with Gasteiger partial charge in [0.15, 0.2) is 0 Å². The molecule has 0 spiro atoms. The Morgan fingerprint density at radius 1 is 1.17 bits per heavy atom. The molecule has 0 aliphatic carbocycles. The summed E-state index contributed by atoms with van der Waals surface area (Å²) in [4.78, 5) is 8.70. The van der Waals surface area contributed by atoms with Gasteiger partial charge in [0.2, 0.25) is 5.82 Å². The molecule has 1 fully saturated rings. The number of hydrogen-bond donors (Lipinski definition) is 1. The van der Waals surface area contributed by atoms with Gasteiger partial charge in [0, 0.05) is 48.3 Å². The Morgan fingerprint density at radius 2 is 1.83 bits per heavy atom. The minimum atomic E-state index is -0.316. The molecule has 1 aromatic heterocycles. The maximum Gasteiger partial charge on any atom is 0.324 e. The van der Waals surface area contributed by atoms with Crippen molar-refractivity contribution in [3.63, 3.8) is 0 Å². The first kappa shape index (κ1) is 16.5. The van der Waals surface area contributed by atoms with Gasteiger partial charge in [0.05, 0.1) is 6.10 Å². The van der Waals surface area contributed by atoms with Crippen LogP contribution < -0.4 is 4.90 Å². The Bertz CT molecular complexity index is 649. The molecule has 3 rings (SSSR count). The van der Waals surface area contributed by atoms with Crippen LogP contribution in [0.25, 0.3) is 11.4 Å². The molecule has 2 aromatic rings. The van der Waals surface area contributed by atoms with E-state index in [1.54, 1.807) is 25.1 Å². The third-order valence-electron chi connectivity index (χ3n) is 3.70. The number of piperazine rings is 1. The lowest BCUT2D eigenvalue weighted by atomic mass is 10.2. The van der Waals surface area contributed by atoms with E-state index in [0.717, 1.165) is 31.7 Å². The Morgan fingerprint density at radius 3 is 2.43 bits per heavy atom. The van der Waals surface area contributed by atoms with Crippen LogP contribution in [-0.2, 0) is 0 Å². The van der Waals surface area contributed by atoms with E-state index in [1.807, 2.05) is 4.90 Å². The fourth-order valence-electron chi connectivity index (χ4n) is 2.64. The van der Waals surface area contributed by atoms with Gasteiger partial charge in [-0.1, -0.05) is 28.4 Å². The Hall–Kier alpha value is -1.34. The van der Waals surface area contributed by atoms with Crippen molar-refractivity contribution in [1.82, 2.24) is 15.0 Å². The van der Waals surface area contributed by atoms with Crippen LogP contribution >= 0.6 is 23.2 Å². The topological polar surface area (TPSA) is 65.6 Å². The predicted octanol–water partition coefficient (Wildman–Crippen LogP) is 2.55. The van der Waals surface area contributed by atoms with Crippen LogP contribution in [0.1, 0.15) is 6.92 Å². The zero-order chi connectivity index (χ0) is 16.4. The van der Waals surface area contributed by atoms with Crippen molar-refractivity contribution in [3.8, 4) is 11.4 Å². The quantitative estimate of drug-likeness (QED) is 0.907. The first-order chi connectivity index (χ1) is 11.0. The fourth-order valence-corrected chi connectivity index (χ4v) is 3.17. The maximum absolute atomic E-state index is 9.44. The van der Waals surface area contributed by atoms with Crippen molar-refractivity contribution < 1.29 is 9.63 Å². The SMILES string of the molecule is C[C@@H](O)CN1CCN(c2nc(-c3cc(Cl)cc(Cl)c3)no2)CC1. The summed E-state index contributed by atoms with van der Waals surface area (Å²) in [5.41, 5.74) is 0.727. The highest BCUT2D eigenvalue weighted by atomic mass is 35.5. The van der Waals surface area contributed by atoms with Crippen LogP contribution in [0.3, 0.4) is 0 Å². The molecule has 1 N–H and O–H groups in total. The summed E-state index contributed by atoms with van der Waals surface area (Å²) >= 11 is 12.0. The third kappa shape index (κ3) is 4.14. The van der Waals surface area contributed by atoms with Crippen molar-refractivity contribution >= 4 is 29.2 Å². The first-order valence-corrected chi connectivity index (χ1v) is 8.22. The van der Waals surface area contributed by atoms with Gasteiger partial charge in [0.1, 0.15) is 0 Å². The van der Waals surface area contributed by atoms with Crippen LogP contribution in [-0.4, -0.2) is 59.0 Å². The lowest BCUT2D eigenvalue weighted by Crippen LogP contribution is -2.48. The van der Waals surface area contributed by atoms with E-state index in [1.165, 1.54) is 0 Å². The molecule has 1 aliphatic rings. The van der Waals surface area contributed by atoms with E-state index in [2.05, 4.69) is 15.0 Å². The summed E-state index contributed by atoms with van der Waals surface area (Å²) in [5, 5.41) is 14.5. The highest BCUT2D eigenvalue weighted by Crippen LogP contribution is 2.27. The van der Waals surface area contributed by atoms with Gasteiger partial charge in [-0.15, -0.1) is 0 Å². The molecule has 1 saturated heterocycles. The number of benzene rings is 1. The average Bonchev–Trinajstić information content (AvgIpc) is 2.96. The molecule has 1 aliphatic heterocycles. The largest absolute Gasteiger partial charge is 0.392 e. The molecule has 23 heavy (non-hydrogen) atoms. The summed E-state index contributed by atoms with van der Waals surface area (Å²) < 4.78 is 5.37. The highest BCUT2D eigenvalue weighted by molar-refractivity contribution is 6.35. The van der Waals surface area contributed by atoms with Gasteiger partial charge in [-0.3, -0.25) is 4.90 Å². The lowest BCUT2D eigenvalue weighted by molar-refractivity contribution is 0.122. The molecule has 2 heterocycles. The van der Waals surface area contributed by atoms with Gasteiger partial charge in [-0.25, -0.2) is 0 Å². The summed E-state index contributed by atoms with van der Waals surface area (Å²) in [6.45, 7) is 5.75. The van der Waals surface area contributed by atoms with E-state index in [9.17, 15) is 5.11 Å². The summed E-state index contributed by atoms with van der Waals surface area (Å²) in [6.07, 6.45) is -0.316. The van der Waals surface area contributed by atoms with E-state index >= 15 is 0 Å². The molecule has 124 valence electrons. The van der Waals surface area contributed by atoms with Crippen molar-refractivity contribution in [3.05, 3.63) is 28.2 Å². The smallest absolute Gasteiger partial charge is 0.324 e. The number of aromatic nitrogens is 2. The molecule has 0 bridgehead atoms. The highest BCUT2D eigenvalue weighted by Gasteiger charge is 2.22. The summed E-state index contributed by atoms with van der Waals surface area (Å²) in [5.74, 6) is 0.468. The fraction of sp³-hybridized carbons (Fsp3) is 0.467. The second kappa shape index (κ2) is 7.05. The van der Waals surface area contributed by atoms with Crippen LogP contribution in [0.2, 0.25) is 10.0 Å². The normalized spacial score (nSPS) is 17.5. The summed E-state index contributed by atoms with van der Waals surface area (Å²) in [6, 6.07) is 5.66. The Kier molecular flexibility index (Phi) is 5.06. The summed E-state index contributed by atoms with van der Waals surface area (Å²) in [7, 11) is 0. The number of hydrogen-bond acceptors (Lipinski definition) is 6. The molecule has 8 heteroatoms. The minimum absolute atomic E-state index is 0.316. The molecule has 1 aromatic carbocycles. The lowest BCUT2D eigenvalue weighted by Gasteiger charge is -2.33. The zero-order valence-electron chi connectivity index (χ0n) is 12.7. The number of halogens is 2. The molecule has 0 saturated carbocycles. The van der Waals surface area contributed by atoms with E-state index in [0.29, 0.717) is 28.4 Å². The average molecular weight is 357 g/mol. The molecular weight excluding hydrogens is 339 g/mol. The van der Waals surface area contributed by atoms with Crippen LogP contribution in [0.4, 0.5) is 6.01 Å². The molecule has 1 atom stereocenters. The van der Waals surface area contributed by atoms with Crippen LogP contribution in [0, 0.1) is 0 Å². The van der Waals surface area contributed by atoms with Gasteiger partial charge in [-0.2, -0.15) is 4.98 Å². The minimum Gasteiger partial charge on any atom is -0.392 e. The number of β-amino-alcohol motifs (C(OH)–C–C–N with tert-alkyl or cyclic N) is 1. The third-order valence-corrected chi connectivity index (χ3v) is 4.14. The standard InChI is InChI=1S/C15H18Cl2N4O2/c1-10(22)9-20-2-4-21(5-3-20)15-18-14(19-23-15)11-6-12(16)8-13(17)7-11/h6-8,10,22H,2-5,9H2,1H3/t10-/m1/s1. The van der Waals surface area contributed by atoms with Crippen LogP contribution in [0.5, 0.6) is 0 Å². The number of aliphatic hydroxyl groups excluding tert-OH is 1. The van der Waals surface area contributed by atoms with Gasteiger partial charge >= 0.3 is 6.01 Å². The van der Waals surface area contributed by atoms with Gasteiger partial charge in [-0.05, 0) is 25.1 Å². The zero-order valence-corrected chi connectivity index (χ0v) is 14.3. The van der Waals surface area contributed by atoms with Crippen molar-refractivity contribution in [1.29, 1.82) is 0 Å². The molecule has 0 amide bonds. The van der Waals surface area contributed by atoms with Crippen molar-refractivity contribution in [2.45, 2.75) is 13.0 Å². The number of rotatable bonds is 4. The number of anilines is 1. The van der Waals surface area contributed by atoms with Crippen molar-refractivity contribution in [2.75, 3.05) is 37.6 Å². The van der Waals surface area contributed by atoms with E-state index < -0.39 is 0 Å². The molecular formula is C15H18Cl2N4O2. The van der Waals surface area contributed by atoms with E-state index in [-0.39, 0.29) is 6.10 Å². The molecule has 0 unspecified atom stereocenters. The van der Waals surface area contributed by atoms with Gasteiger partial charge in [0.25, 0.3) is 0 Å². The number of aliphatic hydroxyl groups is 1. The number of nitrogens with zero attached hydrogens (tertiary/aromatic N) is 4. The first-order valence-electron chi connectivity index (χ1n) is 7.47. The van der Waals surface area contributed by atoms with Gasteiger partial charge < -0.3 is 14.5 Å². The van der Waals surface area contributed by atoms with E-state index in [4.69, 9.17) is 27.7 Å². The van der Waals surface area contributed by atoms with Crippen LogP contribution in [0.15, 0.2) is 22.7 Å².